The molecule has 0 fully saturated rings. The number of allylic oxidation sites excluding steroid dienone is 14. The molecule has 0 rings (SSSR count). The van der Waals surface area contributed by atoms with Gasteiger partial charge in [0.2, 0.25) is 0 Å². The molecular weight excluding hydrogens is 669 g/mol. The molecule has 54 heavy (non-hydrogen) atoms. The van der Waals surface area contributed by atoms with Crippen molar-refractivity contribution in [1.29, 1.82) is 0 Å². The van der Waals surface area contributed by atoms with Gasteiger partial charge in [-0.05, 0) is 70.6 Å². The first kappa shape index (κ1) is 51.1. The quantitative estimate of drug-likeness (QED) is 0.0385. The van der Waals surface area contributed by atoms with Gasteiger partial charge in [-0.15, -0.1) is 0 Å². The lowest BCUT2D eigenvalue weighted by molar-refractivity contribution is -0.161. The van der Waals surface area contributed by atoms with E-state index in [0.29, 0.717) is 12.8 Å². The average Bonchev–Trinajstić information content (AvgIpc) is 3.17. The maximum absolute atomic E-state index is 12.1. The number of carbonyl (C=O) groups is 2. The number of hydrogen-bond acceptors (Lipinski definition) is 5. The second kappa shape index (κ2) is 44.5. The van der Waals surface area contributed by atoms with Crippen molar-refractivity contribution in [2.75, 3.05) is 13.2 Å². The van der Waals surface area contributed by atoms with Gasteiger partial charge in [-0.3, -0.25) is 9.59 Å². The third-order valence-electron chi connectivity index (χ3n) is 9.20. The first-order valence-corrected chi connectivity index (χ1v) is 22.1. The van der Waals surface area contributed by atoms with Crippen LogP contribution >= 0.6 is 0 Å². The van der Waals surface area contributed by atoms with E-state index < -0.39 is 6.10 Å². The summed E-state index contributed by atoms with van der Waals surface area (Å²) in [4.78, 5) is 24.0. The molecule has 5 heteroatoms. The van der Waals surface area contributed by atoms with Crippen LogP contribution in [0.4, 0.5) is 0 Å². The van der Waals surface area contributed by atoms with Crippen molar-refractivity contribution >= 4 is 11.9 Å². The predicted molar refractivity (Wildman–Crippen MR) is 233 cm³/mol. The molecule has 0 aromatic heterocycles. The summed E-state index contributed by atoms with van der Waals surface area (Å²) in [5, 5.41) is 9.48. The molecule has 0 aliphatic heterocycles. The zero-order valence-electron chi connectivity index (χ0n) is 35.0. The Morgan fingerprint density at radius 2 is 0.796 bits per heavy atom. The summed E-state index contributed by atoms with van der Waals surface area (Å²) in [5.41, 5.74) is 0. The van der Waals surface area contributed by atoms with Gasteiger partial charge in [0.15, 0.2) is 6.10 Å². The van der Waals surface area contributed by atoms with E-state index >= 15 is 0 Å². The molecule has 0 amide bonds. The van der Waals surface area contributed by atoms with Crippen molar-refractivity contribution in [3.05, 3.63) is 85.1 Å². The predicted octanol–water partition coefficient (Wildman–Crippen LogP) is 14.3. The monoisotopic (exact) mass is 751 g/mol. The summed E-state index contributed by atoms with van der Waals surface area (Å²) >= 11 is 0. The second-order valence-corrected chi connectivity index (χ2v) is 14.4. The lowest BCUT2D eigenvalue weighted by Crippen LogP contribution is -2.28. The summed E-state index contributed by atoms with van der Waals surface area (Å²) in [7, 11) is 0. The van der Waals surface area contributed by atoms with E-state index in [1.807, 2.05) is 0 Å². The van der Waals surface area contributed by atoms with Gasteiger partial charge in [0.25, 0.3) is 0 Å². The van der Waals surface area contributed by atoms with Gasteiger partial charge in [0, 0.05) is 12.8 Å². The summed E-state index contributed by atoms with van der Waals surface area (Å²) in [5.74, 6) is -0.609. The van der Waals surface area contributed by atoms with Crippen LogP contribution in [-0.4, -0.2) is 36.4 Å². The number of hydrogen-bond donors (Lipinski definition) is 1. The molecule has 0 heterocycles. The molecule has 1 atom stereocenters. The molecule has 0 spiro atoms. The van der Waals surface area contributed by atoms with Crippen molar-refractivity contribution in [2.24, 2.45) is 0 Å². The molecule has 0 aliphatic rings. The largest absolute Gasteiger partial charge is 0.462 e. The van der Waals surface area contributed by atoms with Gasteiger partial charge in [0.05, 0.1) is 6.61 Å². The van der Waals surface area contributed by atoms with E-state index in [1.165, 1.54) is 83.5 Å². The zero-order chi connectivity index (χ0) is 39.3. The Morgan fingerprint density at radius 3 is 1.20 bits per heavy atom. The third-order valence-corrected chi connectivity index (χ3v) is 9.20. The van der Waals surface area contributed by atoms with Crippen molar-refractivity contribution in [2.45, 2.75) is 200 Å². The normalized spacial score (nSPS) is 13.0. The fourth-order valence-electron chi connectivity index (χ4n) is 5.89. The highest BCUT2D eigenvalue weighted by atomic mass is 16.6. The number of unbranched alkanes of at least 4 members (excludes halogenated alkanes) is 17. The first-order chi connectivity index (χ1) is 26.6. The average molecular weight is 751 g/mol. The van der Waals surface area contributed by atoms with E-state index in [4.69, 9.17) is 9.47 Å². The van der Waals surface area contributed by atoms with Crippen LogP contribution < -0.4 is 0 Å². The van der Waals surface area contributed by atoms with Gasteiger partial charge in [-0.2, -0.15) is 0 Å². The van der Waals surface area contributed by atoms with Crippen LogP contribution in [0.25, 0.3) is 0 Å². The molecule has 0 saturated heterocycles. The van der Waals surface area contributed by atoms with E-state index in [1.54, 1.807) is 0 Å². The molecule has 0 radical (unpaired) electrons. The van der Waals surface area contributed by atoms with Crippen LogP contribution in [0.1, 0.15) is 194 Å². The Balaban J connectivity index is 3.49. The minimum Gasteiger partial charge on any atom is -0.462 e. The third kappa shape index (κ3) is 41.8. The maximum atomic E-state index is 12.1. The SMILES string of the molecule is CC/C=C\C/C=C\C/C=C\C/C=C\C/C=C\C/C=C\C/C=C\CCCCCCCCCCCCCCCC(=O)OC(CO)COC(=O)CCCCCCC. The lowest BCUT2D eigenvalue weighted by atomic mass is 10.0. The van der Waals surface area contributed by atoms with Crippen LogP contribution in [0.3, 0.4) is 0 Å². The number of aliphatic hydroxyl groups is 1. The zero-order valence-corrected chi connectivity index (χ0v) is 35.0. The molecule has 1 N–H and O–H groups in total. The lowest BCUT2D eigenvalue weighted by Gasteiger charge is -2.15. The molecule has 0 aliphatic carbocycles. The first-order valence-electron chi connectivity index (χ1n) is 22.1. The van der Waals surface area contributed by atoms with Gasteiger partial charge in [-0.25, -0.2) is 0 Å². The molecule has 0 bridgehead atoms. The minimum absolute atomic E-state index is 0.0690. The van der Waals surface area contributed by atoms with Crippen LogP contribution in [0.2, 0.25) is 0 Å². The van der Waals surface area contributed by atoms with Gasteiger partial charge in [-0.1, -0.05) is 195 Å². The number of aliphatic hydroxyl groups excluding tert-OH is 1. The smallest absolute Gasteiger partial charge is 0.306 e. The van der Waals surface area contributed by atoms with E-state index in [0.717, 1.165) is 83.5 Å². The fourth-order valence-corrected chi connectivity index (χ4v) is 5.89. The number of carbonyl (C=O) groups excluding carboxylic acids is 2. The standard InChI is InChI=1S/C49H82O5/c1-3-5-7-9-10-11-12-13-14-15-16-17-18-19-20-21-22-23-24-25-26-27-28-29-30-31-32-33-34-35-36-37-38-40-42-44-49(52)54-47(45-50)46-53-48(51)43-41-39-8-6-4-2/h5,7,10-11,13-14,16-17,19-20,22-23,25-26,47,50H,3-4,6,8-9,12,15,18,21,24,27-46H2,1-2H3/b7-5-,11-10-,14-13-,17-16-,20-19-,23-22-,26-25-. The highest BCUT2D eigenvalue weighted by Crippen LogP contribution is 2.14. The Hall–Kier alpha value is -2.92. The minimum atomic E-state index is -0.770. The van der Waals surface area contributed by atoms with Crippen LogP contribution in [-0.2, 0) is 19.1 Å². The number of ether oxygens (including phenoxy) is 2. The molecule has 308 valence electrons. The molecular formula is C49H82O5. The topological polar surface area (TPSA) is 72.8 Å². The van der Waals surface area contributed by atoms with Gasteiger partial charge < -0.3 is 14.6 Å². The van der Waals surface area contributed by atoms with Crippen molar-refractivity contribution in [3.63, 3.8) is 0 Å². The van der Waals surface area contributed by atoms with E-state index in [2.05, 4.69) is 98.9 Å². The summed E-state index contributed by atoms with van der Waals surface area (Å²) in [6.45, 7) is 3.92. The Kier molecular flexibility index (Phi) is 42.1. The van der Waals surface area contributed by atoms with Crippen molar-refractivity contribution in [1.82, 2.24) is 0 Å². The molecule has 1 unspecified atom stereocenters. The second-order valence-electron chi connectivity index (χ2n) is 14.4. The molecule has 5 nitrogen and oxygen atoms in total. The Bertz CT molecular complexity index is 1030. The summed E-state index contributed by atoms with van der Waals surface area (Å²) in [6.07, 6.45) is 61.4. The van der Waals surface area contributed by atoms with Crippen molar-refractivity contribution in [3.8, 4) is 0 Å². The molecule has 0 aromatic carbocycles. The van der Waals surface area contributed by atoms with E-state index in [-0.39, 0.29) is 25.2 Å². The maximum Gasteiger partial charge on any atom is 0.306 e. The highest BCUT2D eigenvalue weighted by molar-refractivity contribution is 5.70. The van der Waals surface area contributed by atoms with E-state index in [9.17, 15) is 14.7 Å². The van der Waals surface area contributed by atoms with Crippen LogP contribution in [0.15, 0.2) is 85.1 Å². The summed E-state index contributed by atoms with van der Waals surface area (Å²) < 4.78 is 10.5. The summed E-state index contributed by atoms with van der Waals surface area (Å²) in [6, 6.07) is 0. The molecule has 0 saturated carbocycles. The Labute approximate surface area is 333 Å². The number of rotatable bonds is 39. The number of esters is 2. The highest BCUT2D eigenvalue weighted by Gasteiger charge is 2.16. The Morgan fingerprint density at radius 1 is 0.444 bits per heavy atom. The van der Waals surface area contributed by atoms with Crippen LogP contribution in [0, 0.1) is 0 Å². The van der Waals surface area contributed by atoms with Crippen LogP contribution in [0.5, 0.6) is 0 Å². The fraction of sp³-hybridized carbons (Fsp3) is 0.673. The van der Waals surface area contributed by atoms with Gasteiger partial charge in [0.1, 0.15) is 6.61 Å². The van der Waals surface area contributed by atoms with Gasteiger partial charge >= 0.3 is 11.9 Å². The molecule has 0 aromatic rings. The van der Waals surface area contributed by atoms with Crippen molar-refractivity contribution < 1.29 is 24.2 Å².